The number of hydrogen-bond acceptors (Lipinski definition) is 8. The van der Waals surface area contributed by atoms with E-state index in [1.54, 1.807) is 36.4 Å². The number of allylic oxidation sites excluding steroid dienone is 1. The first-order valence-corrected chi connectivity index (χ1v) is 9.91. The van der Waals surface area contributed by atoms with Gasteiger partial charge in [-0.3, -0.25) is 9.59 Å². The van der Waals surface area contributed by atoms with Crippen LogP contribution >= 0.6 is 0 Å². The van der Waals surface area contributed by atoms with E-state index >= 15 is 0 Å². The van der Waals surface area contributed by atoms with Gasteiger partial charge in [0.05, 0.1) is 17.5 Å². The number of nitrogens with zero attached hydrogens (tertiary/aromatic N) is 2. The first-order chi connectivity index (χ1) is 15.5. The van der Waals surface area contributed by atoms with Gasteiger partial charge >= 0.3 is 5.97 Å². The summed E-state index contributed by atoms with van der Waals surface area (Å²) in [7, 11) is 0. The summed E-state index contributed by atoms with van der Waals surface area (Å²) in [5.41, 5.74) is 1.62. The van der Waals surface area contributed by atoms with Crippen LogP contribution in [0.15, 0.2) is 48.2 Å². The number of rotatable bonds is 7. The van der Waals surface area contributed by atoms with Crippen LogP contribution in [0.25, 0.3) is 16.6 Å². The molecule has 1 aliphatic heterocycles. The summed E-state index contributed by atoms with van der Waals surface area (Å²) >= 11 is 0. The maximum absolute atomic E-state index is 12.4. The number of esters is 1. The Balaban J connectivity index is 1.33. The Bertz CT molecular complexity index is 1220. The molecule has 4 rings (SSSR count). The molecule has 0 bridgehead atoms. The highest BCUT2D eigenvalue weighted by molar-refractivity contribution is 5.98. The lowest BCUT2D eigenvalue weighted by Crippen LogP contribution is -2.16. The Hall–Kier alpha value is -4.32. The maximum atomic E-state index is 12.4. The number of para-hydroxylation sites is 2. The van der Waals surface area contributed by atoms with Gasteiger partial charge in [0.25, 0.3) is 0 Å². The molecule has 2 heterocycles. The Morgan fingerprint density at radius 1 is 1.12 bits per heavy atom. The van der Waals surface area contributed by atoms with Crippen molar-refractivity contribution in [1.29, 1.82) is 5.26 Å². The summed E-state index contributed by atoms with van der Waals surface area (Å²) in [5.74, 6) is -0.112. The topological polar surface area (TPSA) is 135 Å². The molecule has 3 aromatic rings. The third-order valence-electron chi connectivity index (χ3n) is 4.82. The minimum absolute atomic E-state index is 0.0718. The van der Waals surface area contributed by atoms with Gasteiger partial charge in [0, 0.05) is 12.0 Å². The number of aromatic nitrogens is 2. The van der Waals surface area contributed by atoms with Gasteiger partial charge in [0.2, 0.25) is 0 Å². The molecule has 1 aromatic heterocycles. The molecule has 0 atom stereocenters. The average Bonchev–Trinajstić information content (AvgIpc) is 3.25. The number of imidazole rings is 1. The molecule has 1 aliphatic rings. The first-order valence-electron chi connectivity index (χ1n) is 9.91. The van der Waals surface area contributed by atoms with E-state index < -0.39 is 18.3 Å². The van der Waals surface area contributed by atoms with Crippen molar-refractivity contribution in [3.8, 4) is 17.6 Å². The third-order valence-corrected chi connectivity index (χ3v) is 4.82. The largest absolute Gasteiger partial charge is 0.507 e. The first kappa shape index (κ1) is 20.9. The van der Waals surface area contributed by atoms with E-state index in [-0.39, 0.29) is 30.0 Å². The van der Waals surface area contributed by atoms with Crippen LogP contribution in [0.3, 0.4) is 0 Å². The number of aliphatic hydroxyl groups excluding tert-OH is 1. The Morgan fingerprint density at radius 3 is 2.69 bits per heavy atom. The molecule has 2 aromatic carbocycles. The van der Waals surface area contributed by atoms with Crippen molar-refractivity contribution >= 4 is 28.4 Å². The SMILES string of the molecule is N#C/C(=C(/O)COC(=O)CCC(=O)c1ccc2c(c1)OCCO2)c1nc2ccccc2[nH]1. The molecule has 32 heavy (non-hydrogen) atoms. The smallest absolute Gasteiger partial charge is 0.306 e. The predicted octanol–water partition coefficient (Wildman–Crippen LogP) is 3.33. The normalized spacial score (nSPS) is 13.2. The lowest BCUT2D eigenvalue weighted by Gasteiger charge is -2.18. The number of hydrogen-bond donors (Lipinski definition) is 2. The number of nitriles is 1. The zero-order chi connectivity index (χ0) is 22.5. The van der Waals surface area contributed by atoms with Gasteiger partial charge in [-0.1, -0.05) is 12.1 Å². The number of ketones is 1. The van der Waals surface area contributed by atoms with E-state index in [0.717, 1.165) is 0 Å². The fourth-order valence-electron chi connectivity index (χ4n) is 3.20. The molecule has 162 valence electrons. The Morgan fingerprint density at radius 2 is 1.91 bits per heavy atom. The lowest BCUT2D eigenvalue weighted by atomic mass is 10.1. The summed E-state index contributed by atoms with van der Waals surface area (Å²) in [6, 6.07) is 13.9. The highest BCUT2D eigenvalue weighted by Gasteiger charge is 2.18. The molecule has 0 amide bonds. The summed E-state index contributed by atoms with van der Waals surface area (Å²) in [6.07, 6.45) is -0.245. The van der Waals surface area contributed by atoms with Gasteiger partial charge in [0.1, 0.15) is 31.5 Å². The van der Waals surface area contributed by atoms with E-state index in [1.807, 2.05) is 12.1 Å². The van der Waals surface area contributed by atoms with Gasteiger partial charge in [-0.25, -0.2) is 4.98 Å². The van der Waals surface area contributed by atoms with E-state index in [9.17, 15) is 20.0 Å². The molecule has 0 fully saturated rings. The van der Waals surface area contributed by atoms with Crippen LogP contribution < -0.4 is 9.47 Å². The maximum Gasteiger partial charge on any atom is 0.306 e. The van der Waals surface area contributed by atoms with Crippen molar-refractivity contribution in [2.75, 3.05) is 19.8 Å². The molecule has 0 aliphatic carbocycles. The van der Waals surface area contributed by atoms with E-state index in [0.29, 0.717) is 41.3 Å². The summed E-state index contributed by atoms with van der Waals surface area (Å²) in [4.78, 5) is 31.6. The Kier molecular flexibility index (Phi) is 6.03. The van der Waals surface area contributed by atoms with Crippen molar-refractivity contribution in [1.82, 2.24) is 9.97 Å². The van der Waals surface area contributed by atoms with E-state index in [2.05, 4.69) is 9.97 Å². The molecule has 0 radical (unpaired) electrons. The molecular formula is C23H19N3O6. The monoisotopic (exact) mass is 433 g/mol. The van der Waals surface area contributed by atoms with Gasteiger partial charge in [-0.15, -0.1) is 0 Å². The van der Waals surface area contributed by atoms with Crippen LogP contribution in [0.1, 0.15) is 29.0 Å². The van der Waals surface area contributed by atoms with Gasteiger partial charge in [-0.2, -0.15) is 5.26 Å². The molecule has 0 spiro atoms. The number of carbonyl (C=O) groups is 2. The van der Waals surface area contributed by atoms with E-state index in [1.165, 1.54) is 0 Å². The summed E-state index contributed by atoms with van der Waals surface area (Å²) < 4.78 is 15.9. The Labute approximate surface area is 182 Å². The summed E-state index contributed by atoms with van der Waals surface area (Å²) in [6.45, 7) is 0.362. The number of fused-ring (bicyclic) bond motifs is 2. The van der Waals surface area contributed by atoms with Crippen molar-refractivity contribution in [3.63, 3.8) is 0 Å². The molecule has 0 unspecified atom stereocenters. The lowest BCUT2D eigenvalue weighted by molar-refractivity contribution is -0.143. The van der Waals surface area contributed by atoms with Crippen molar-refractivity contribution < 1.29 is 28.9 Å². The van der Waals surface area contributed by atoms with Gasteiger partial charge < -0.3 is 24.3 Å². The number of H-pyrrole nitrogens is 1. The van der Waals surface area contributed by atoms with Crippen LogP contribution in [0.4, 0.5) is 0 Å². The van der Waals surface area contributed by atoms with Crippen LogP contribution in [-0.4, -0.2) is 46.6 Å². The number of Topliss-reactive ketones (excluding diaryl/α,β-unsaturated/α-hetero) is 1. The molecule has 0 saturated carbocycles. The molecule has 2 N–H and O–H groups in total. The van der Waals surface area contributed by atoms with Crippen molar-refractivity contribution in [3.05, 3.63) is 59.6 Å². The number of benzene rings is 2. The molecule has 9 nitrogen and oxygen atoms in total. The molecule has 9 heteroatoms. The second kappa shape index (κ2) is 9.22. The molecule has 0 saturated heterocycles. The zero-order valence-corrected chi connectivity index (χ0v) is 17.0. The van der Waals surface area contributed by atoms with Crippen LogP contribution in [0.5, 0.6) is 11.5 Å². The number of aliphatic hydroxyl groups is 1. The quantitative estimate of drug-likeness (QED) is 0.251. The minimum atomic E-state index is -0.677. The van der Waals surface area contributed by atoms with Crippen molar-refractivity contribution in [2.24, 2.45) is 0 Å². The molecular weight excluding hydrogens is 414 g/mol. The van der Waals surface area contributed by atoms with Crippen LogP contribution in [0.2, 0.25) is 0 Å². The minimum Gasteiger partial charge on any atom is -0.507 e. The van der Waals surface area contributed by atoms with Gasteiger partial charge in [-0.05, 0) is 30.3 Å². The third kappa shape index (κ3) is 4.54. The number of ether oxygens (including phenoxy) is 3. The standard InChI is InChI=1S/C23H19N3O6/c24-12-15(23-25-16-3-1-2-4-17(16)26-23)19(28)13-32-22(29)8-6-18(27)14-5-7-20-21(11-14)31-10-9-30-20/h1-5,7,11,28H,6,8-10,13H2,(H,25,26)/b19-15-. The van der Waals surface area contributed by atoms with Gasteiger partial charge in [0.15, 0.2) is 28.9 Å². The average molecular weight is 433 g/mol. The fourth-order valence-corrected chi connectivity index (χ4v) is 3.20. The summed E-state index contributed by atoms with van der Waals surface area (Å²) in [5, 5.41) is 19.6. The number of nitrogens with one attached hydrogen (secondary N) is 1. The number of carbonyl (C=O) groups excluding carboxylic acids is 2. The second-order valence-electron chi connectivity index (χ2n) is 6.98. The van der Waals surface area contributed by atoms with Crippen molar-refractivity contribution in [2.45, 2.75) is 12.8 Å². The van der Waals surface area contributed by atoms with E-state index in [4.69, 9.17) is 14.2 Å². The second-order valence-corrected chi connectivity index (χ2v) is 6.98. The number of aromatic amines is 1. The van der Waals surface area contributed by atoms with Crippen LogP contribution in [0, 0.1) is 11.3 Å². The van der Waals surface area contributed by atoms with Crippen LogP contribution in [-0.2, 0) is 9.53 Å². The highest BCUT2D eigenvalue weighted by atomic mass is 16.6. The fraction of sp³-hybridized carbons (Fsp3) is 0.217. The zero-order valence-electron chi connectivity index (χ0n) is 17.0. The highest BCUT2D eigenvalue weighted by Crippen LogP contribution is 2.31. The predicted molar refractivity (Wildman–Crippen MR) is 113 cm³/mol.